The summed E-state index contributed by atoms with van der Waals surface area (Å²) in [5.41, 5.74) is 1.79. The van der Waals surface area contributed by atoms with Crippen molar-refractivity contribution in [2.75, 3.05) is 7.11 Å². The Bertz CT molecular complexity index is 165. The molecule has 0 heterocycles. The summed E-state index contributed by atoms with van der Waals surface area (Å²) in [5.74, 6) is -1.24. The Morgan fingerprint density at radius 2 is 2.30 bits per heavy atom. The Labute approximate surface area is 56.5 Å². The first-order valence-corrected chi connectivity index (χ1v) is 2.26. The predicted octanol–water partition coefficient (Wildman–Crippen LogP) is -0.587. The number of carboxylic acids is 1. The van der Waals surface area contributed by atoms with E-state index >= 15 is 0 Å². The molecule has 1 amide bonds. The third-order valence-corrected chi connectivity index (χ3v) is 0.516. The normalized spacial score (nSPS) is 9.30. The second-order valence-electron chi connectivity index (χ2n) is 1.20. The molecule has 0 saturated heterocycles. The van der Waals surface area contributed by atoms with Crippen LogP contribution in [-0.4, -0.2) is 30.5 Å². The maximum atomic E-state index is 10.2. The maximum Gasteiger partial charge on any atom is 0.427 e. The Morgan fingerprint density at radius 1 is 1.70 bits per heavy atom. The molecule has 0 spiro atoms. The SMILES string of the molecule is COC(=O)NN=CC(=O)O. The van der Waals surface area contributed by atoms with Gasteiger partial charge >= 0.3 is 12.1 Å². The number of carbonyl (C=O) groups excluding carboxylic acids is 1. The van der Waals surface area contributed by atoms with E-state index < -0.39 is 12.1 Å². The van der Waals surface area contributed by atoms with Crippen molar-refractivity contribution in [3.63, 3.8) is 0 Å². The van der Waals surface area contributed by atoms with Crippen molar-refractivity contribution in [2.45, 2.75) is 0 Å². The number of hydrogen-bond acceptors (Lipinski definition) is 4. The van der Waals surface area contributed by atoms with Crippen LogP contribution < -0.4 is 5.43 Å². The van der Waals surface area contributed by atoms with Gasteiger partial charge in [-0.3, -0.25) is 0 Å². The highest BCUT2D eigenvalue weighted by atomic mass is 16.5. The van der Waals surface area contributed by atoms with Gasteiger partial charge in [0, 0.05) is 0 Å². The smallest absolute Gasteiger partial charge is 0.427 e. The van der Waals surface area contributed by atoms with Crippen molar-refractivity contribution >= 4 is 18.3 Å². The zero-order chi connectivity index (χ0) is 7.98. The minimum atomic E-state index is -1.24. The first-order valence-electron chi connectivity index (χ1n) is 2.26. The van der Waals surface area contributed by atoms with Crippen molar-refractivity contribution in [3.05, 3.63) is 0 Å². The van der Waals surface area contributed by atoms with Gasteiger partial charge < -0.3 is 9.84 Å². The molecule has 0 fully saturated rings. The van der Waals surface area contributed by atoms with Crippen LogP contribution in [-0.2, 0) is 9.53 Å². The monoisotopic (exact) mass is 146 g/mol. The molecular weight excluding hydrogens is 140 g/mol. The first-order chi connectivity index (χ1) is 4.66. The number of nitrogens with zero attached hydrogens (tertiary/aromatic N) is 1. The van der Waals surface area contributed by atoms with Gasteiger partial charge in [-0.15, -0.1) is 0 Å². The number of amides is 1. The van der Waals surface area contributed by atoms with E-state index in [1.165, 1.54) is 0 Å². The average molecular weight is 146 g/mol. The van der Waals surface area contributed by atoms with E-state index in [9.17, 15) is 9.59 Å². The van der Waals surface area contributed by atoms with Crippen molar-refractivity contribution < 1.29 is 19.4 Å². The van der Waals surface area contributed by atoms with Crippen molar-refractivity contribution in [1.82, 2.24) is 5.43 Å². The lowest BCUT2D eigenvalue weighted by molar-refractivity contribution is -0.128. The molecule has 2 N–H and O–H groups in total. The van der Waals surface area contributed by atoms with Gasteiger partial charge in [-0.1, -0.05) is 0 Å². The zero-order valence-electron chi connectivity index (χ0n) is 5.20. The number of ether oxygens (including phenoxy) is 1. The molecule has 6 heteroatoms. The Balaban J connectivity index is 3.53. The van der Waals surface area contributed by atoms with E-state index in [0.717, 1.165) is 7.11 Å². The lowest BCUT2D eigenvalue weighted by atomic mass is 10.8. The van der Waals surface area contributed by atoms with Crippen molar-refractivity contribution in [2.24, 2.45) is 5.10 Å². The van der Waals surface area contributed by atoms with Crippen LogP contribution in [0.3, 0.4) is 0 Å². The van der Waals surface area contributed by atoms with Gasteiger partial charge in [0.1, 0.15) is 6.21 Å². The van der Waals surface area contributed by atoms with Gasteiger partial charge in [0.05, 0.1) is 7.11 Å². The Kier molecular flexibility index (Phi) is 3.62. The number of carboxylic acid groups (broad SMARTS) is 1. The molecule has 0 saturated carbocycles. The van der Waals surface area contributed by atoms with E-state index in [2.05, 4.69) is 9.84 Å². The fourth-order valence-corrected chi connectivity index (χ4v) is 0.186. The van der Waals surface area contributed by atoms with E-state index in [0.29, 0.717) is 6.21 Å². The summed E-state index contributed by atoms with van der Waals surface area (Å²) in [4.78, 5) is 19.9. The first kappa shape index (κ1) is 8.41. The molecule has 0 radical (unpaired) electrons. The average Bonchev–Trinajstić information content (AvgIpc) is 1.87. The van der Waals surface area contributed by atoms with Gasteiger partial charge in [-0.25, -0.2) is 15.0 Å². The summed E-state index contributed by atoms with van der Waals surface area (Å²) in [6.07, 6.45) is -0.269. The van der Waals surface area contributed by atoms with Crippen LogP contribution in [0.1, 0.15) is 0 Å². The predicted molar refractivity (Wildman–Crippen MR) is 31.7 cm³/mol. The molecule has 0 aliphatic rings. The lowest BCUT2D eigenvalue weighted by Crippen LogP contribution is -2.17. The molecule has 0 unspecified atom stereocenters. The number of aliphatic carboxylic acids is 1. The molecule has 10 heavy (non-hydrogen) atoms. The Hall–Kier alpha value is -1.59. The minimum absolute atomic E-state index is 0.539. The van der Waals surface area contributed by atoms with Crippen LogP contribution in [0.15, 0.2) is 5.10 Å². The van der Waals surface area contributed by atoms with Crippen LogP contribution in [0.2, 0.25) is 0 Å². The van der Waals surface area contributed by atoms with E-state index in [-0.39, 0.29) is 0 Å². The molecule has 6 nitrogen and oxygen atoms in total. The highest BCUT2D eigenvalue weighted by molar-refractivity contribution is 6.22. The van der Waals surface area contributed by atoms with Crippen LogP contribution in [0.5, 0.6) is 0 Å². The summed E-state index contributed by atoms with van der Waals surface area (Å²) >= 11 is 0. The van der Waals surface area contributed by atoms with Crippen LogP contribution in [0.4, 0.5) is 4.79 Å². The van der Waals surface area contributed by atoms with E-state index in [1.807, 2.05) is 0 Å². The molecule has 0 aromatic heterocycles. The lowest BCUT2D eigenvalue weighted by Gasteiger charge is -1.92. The molecule has 0 rings (SSSR count). The maximum absolute atomic E-state index is 10.2. The molecule has 56 valence electrons. The highest BCUT2D eigenvalue weighted by Gasteiger charge is 1.92. The van der Waals surface area contributed by atoms with Crippen LogP contribution in [0.25, 0.3) is 0 Å². The van der Waals surface area contributed by atoms with Crippen LogP contribution >= 0.6 is 0 Å². The van der Waals surface area contributed by atoms with Gasteiger partial charge in [0.2, 0.25) is 0 Å². The molecule has 0 aromatic rings. The Morgan fingerprint density at radius 3 is 2.70 bits per heavy atom. The summed E-state index contributed by atoms with van der Waals surface area (Å²) in [5, 5.41) is 11.0. The van der Waals surface area contributed by atoms with E-state index in [1.54, 1.807) is 5.43 Å². The quantitative estimate of drug-likeness (QED) is 0.402. The molecule has 0 bridgehead atoms. The number of methoxy groups -OCH3 is 1. The minimum Gasteiger partial charge on any atom is -0.477 e. The van der Waals surface area contributed by atoms with Gasteiger partial charge in [-0.2, -0.15) is 5.10 Å². The second-order valence-corrected chi connectivity index (χ2v) is 1.20. The van der Waals surface area contributed by atoms with Crippen LogP contribution in [0, 0.1) is 0 Å². The summed E-state index contributed by atoms with van der Waals surface area (Å²) in [6, 6.07) is 0. The molecule has 0 atom stereocenters. The molecule has 0 aliphatic heterocycles. The van der Waals surface area contributed by atoms with Gasteiger partial charge in [0.25, 0.3) is 0 Å². The summed E-state index contributed by atoms with van der Waals surface area (Å²) in [6.45, 7) is 0. The number of nitrogens with one attached hydrogen (secondary N) is 1. The molecule has 0 aliphatic carbocycles. The van der Waals surface area contributed by atoms with E-state index in [4.69, 9.17) is 5.11 Å². The summed E-state index contributed by atoms with van der Waals surface area (Å²) in [7, 11) is 1.14. The number of hydrogen-bond donors (Lipinski definition) is 2. The van der Waals surface area contributed by atoms with Crippen molar-refractivity contribution in [1.29, 1.82) is 0 Å². The standard InChI is InChI=1S/C4H6N2O4/c1-10-4(9)6-5-2-3(7)8/h2H,1H3,(H,6,9)(H,7,8). The number of hydrazone groups is 1. The topological polar surface area (TPSA) is 88.0 Å². The third kappa shape index (κ3) is 4.57. The number of rotatable bonds is 2. The van der Waals surface area contributed by atoms with Crippen molar-refractivity contribution in [3.8, 4) is 0 Å². The number of carbonyl (C=O) groups is 2. The fraction of sp³-hybridized carbons (Fsp3) is 0.250. The fourth-order valence-electron chi connectivity index (χ4n) is 0.186. The largest absolute Gasteiger partial charge is 0.477 e. The zero-order valence-corrected chi connectivity index (χ0v) is 5.20. The molecule has 0 aromatic carbocycles. The molecular formula is C4H6N2O4. The highest BCUT2D eigenvalue weighted by Crippen LogP contribution is 1.68. The third-order valence-electron chi connectivity index (χ3n) is 0.516. The van der Waals surface area contributed by atoms with Gasteiger partial charge in [0.15, 0.2) is 0 Å². The van der Waals surface area contributed by atoms with Gasteiger partial charge in [-0.05, 0) is 0 Å². The summed E-state index contributed by atoms with van der Waals surface area (Å²) < 4.78 is 4.08. The second kappa shape index (κ2) is 4.30.